The van der Waals surface area contributed by atoms with Crippen LogP contribution in [0.3, 0.4) is 0 Å². The van der Waals surface area contributed by atoms with Gasteiger partial charge in [-0.25, -0.2) is 4.39 Å². The number of hydrogen-bond donors (Lipinski definition) is 1. The Morgan fingerprint density at radius 2 is 1.59 bits per heavy atom. The van der Waals surface area contributed by atoms with Gasteiger partial charge in [-0.3, -0.25) is 4.79 Å². The van der Waals surface area contributed by atoms with Gasteiger partial charge in [0.1, 0.15) is 0 Å². The fraction of sp³-hybridized carbons (Fsp3) is 0.278. The smallest absolute Gasteiger partial charge is 0.253 e. The highest BCUT2D eigenvalue weighted by molar-refractivity contribution is 5.94. The molecule has 2 aromatic rings. The van der Waals surface area contributed by atoms with Gasteiger partial charge >= 0.3 is 0 Å². The van der Waals surface area contributed by atoms with Crippen molar-refractivity contribution in [1.29, 1.82) is 0 Å². The molecule has 1 N–H and O–H groups in total. The SMILES string of the molecule is O=C(c1ccc(-c2ccc(F)c(O)c2)cc1)N1CCCCC1. The first-order chi connectivity index (χ1) is 10.6. The van der Waals surface area contributed by atoms with Gasteiger partial charge in [0, 0.05) is 18.7 Å². The number of aromatic hydroxyl groups is 1. The van der Waals surface area contributed by atoms with Crippen molar-refractivity contribution >= 4 is 5.91 Å². The second kappa shape index (κ2) is 6.18. The van der Waals surface area contributed by atoms with Crippen molar-refractivity contribution in [3.63, 3.8) is 0 Å². The number of halogens is 1. The summed E-state index contributed by atoms with van der Waals surface area (Å²) in [5.41, 5.74) is 2.22. The molecule has 1 saturated heterocycles. The van der Waals surface area contributed by atoms with Crippen LogP contribution in [0.4, 0.5) is 4.39 Å². The molecule has 0 radical (unpaired) electrons. The van der Waals surface area contributed by atoms with Crippen LogP contribution in [-0.4, -0.2) is 29.0 Å². The molecule has 0 unspecified atom stereocenters. The maximum Gasteiger partial charge on any atom is 0.253 e. The van der Waals surface area contributed by atoms with Crippen molar-refractivity contribution in [2.45, 2.75) is 19.3 Å². The van der Waals surface area contributed by atoms with Gasteiger partial charge in [-0.15, -0.1) is 0 Å². The minimum atomic E-state index is -0.638. The van der Waals surface area contributed by atoms with Crippen molar-refractivity contribution in [2.24, 2.45) is 0 Å². The van der Waals surface area contributed by atoms with Gasteiger partial charge in [0.2, 0.25) is 0 Å². The van der Waals surface area contributed by atoms with E-state index in [1.807, 2.05) is 17.0 Å². The van der Waals surface area contributed by atoms with Crippen LogP contribution in [-0.2, 0) is 0 Å². The number of rotatable bonds is 2. The van der Waals surface area contributed by atoms with Crippen molar-refractivity contribution in [3.05, 3.63) is 53.8 Å². The van der Waals surface area contributed by atoms with Gasteiger partial charge in [0.15, 0.2) is 11.6 Å². The second-order valence-electron chi connectivity index (χ2n) is 5.60. The molecule has 1 amide bonds. The van der Waals surface area contributed by atoms with E-state index < -0.39 is 5.82 Å². The van der Waals surface area contributed by atoms with Gasteiger partial charge < -0.3 is 10.0 Å². The van der Waals surface area contributed by atoms with Crippen molar-refractivity contribution in [3.8, 4) is 16.9 Å². The number of carbonyl (C=O) groups is 1. The third-order valence-corrected chi connectivity index (χ3v) is 4.05. The van der Waals surface area contributed by atoms with E-state index in [4.69, 9.17) is 0 Å². The molecule has 1 heterocycles. The zero-order valence-corrected chi connectivity index (χ0v) is 12.3. The van der Waals surface area contributed by atoms with Gasteiger partial charge in [-0.05, 0) is 54.7 Å². The summed E-state index contributed by atoms with van der Waals surface area (Å²) in [5, 5.41) is 9.44. The Morgan fingerprint density at radius 1 is 0.955 bits per heavy atom. The molecule has 0 saturated carbocycles. The summed E-state index contributed by atoms with van der Waals surface area (Å²) in [7, 11) is 0. The lowest BCUT2D eigenvalue weighted by atomic mass is 10.0. The van der Waals surface area contributed by atoms with Crippen LogP contribution in [0.1, 0.15) is 29.6 Å². The van der Waals surface area contributed by atoms with E-state index in [9.17, 15) is 14.3 Å². The van der Waals surface area contributed by atoms with E-state index in [-0.39, 0.29) is 11.7 Å². The molecule has 1 aliphatic heterocycles. The molecule has 2 aromatic carbocycles. The first-order valence-electron chi connectivity index (χ1n) is 7.53. The number of carbonyl (C=O) groups excluding carboxylic acids is 1. The number of nitrogens with zero attached hydrogens (tertiary/aromatic N) is 1. The quantitative estimate of drug-likeness (QED) is 0.915. The van der Waals surface area contributed by atoms with Crippen molar-refractivity contribution in [1.82, 2.24) is 4.90 Å². The molecule has 0 spiro atoms. The Hall–Kier alpha value is -2.36. The molecule has 3 nitrogen and oxygen atoms in total. The molecule has 1 aliphatic rings. The van der Waals surface area contributed by atoms with Gasteiger partial charge in [-0.1, -0.05) is 18.2 Å². The number of phenolic OH excluding ortho intramolecular Hbond substituents is 1. The maximum absolute atomic E-state index is 13.1. The van der Waals surface area contributed by atoms with Gasteiger partial charge in [0.05, 0.1) is 0 Å². The molecule has 114 valence electrons. The van der Waals surface area contributed by atoms with Crippen LogP contribution in [0.2, 0.25) is 0 Å². The molecule has 0 bridgehead atoms. The minimum absolute atomic E-state index is 0.0632. The number of hydrogen-bond acceptors (Lipinski definition) is 2. The molecule has 0 atom stereocenters. The van der Waals surface area contributed by atoms with E-state index >= 15 is 0 Å². The first-order valence-corrected chi connectivity index (χ1v) is 7.53. The number of phenols is 1. The Kier molecular flexibility index (Phi) is 4.09. The number of likely N-dealkylation sites (tertiary alicyclic amines) is 1. The second-order valence-corrected chi connectivity index (χ2v) is 5.60. The Labute approximate surface area is 129 Å². The topological polar surface area (TPSA) is 40.5 Å². The predicted molar refractivity (Wildman–Crippen MR) is 83.3 cm³/mol. The monoisotopic (exact) mass is 299 g/mol. The van der Waals surface area contributed by atoms with Crippen LogP contribution in [0, 0.1) is 5.82 Å². The lowest BCUT2D eigenvalue weighted by Crippen LogP contribution is -2.35. The predicted octanol–water partition coefficient (Wildman–Crippen LogP) is 3.82. The third kappa shape index (κ3) is 2.96. The molecule has 0 aliphatic carbocycles. The molecular formula is C18H18FNO2. The summed E-state index contributed by atoms with van der Waals surface area (Å²) < 4.78 is 13.1. The zero-order valence-electron chi connectivity index (χ0n) is 12.3. The van der Waals surface area contributed by atoms with E-state index in [1.54, 1.807) is 18.2 Å². The van der Waals surface area contributed by atoms with E-state index in [2.05, 4.69) is 0 Å². The summed E-state index contributed by atoms with van der Waals surface area (Å²) in [4.78, 5) is 14.3. The minimum Gasteiger partial charge on any atom is -0.505 e. The van der Waals surface area contributed by atoms with Crippen LogP contribution in [0.25, 0.3) is 11.1 Å². The highest BCUT2D eigenvalue weighted by Crippen LogP contribution is 2.26. The lowest BCUT2D eigenvalue weighted by molar-refractivity contribution is 0.0724. The van der Waals surface area contributed by atoms with Crippen LogP contribution >= 0.6 is 0 Å². The highest BCUT2D eigenvalue weighted by Gasteiger charge is 2.18. The molecule has 1 fully saturated rings. The summed E-state index contributed by atoms with van der Waals surface area (Å²) in [5.74, 6) is -0.945. The molecule has 4 heteroatoms. The summed E-state index contributed by atoms with van der Waals surface area (Å²) in [6.45, 7) is 1.65. The van der Waals surface area contributed by atoms with Crippen LogP contribution < -0.4 is 0 Å². The van der Waals surface area contributed by atoms with Crippen molar-refractivity contribution in [2.75, 3.05) is 13.1 Å². The molecular weight excluding hydrogens is 281 g/mol. The summed E-state index contributed by atoms with van der Waals surface area (Å²) in [6.07, 6.45) is 3.33. The van der Waals surface area contributed by atoms with E-state index in [1.165, 1.54) is 18.6 Å². The third-order valence-electron chi connectivity index (χ3n) is 4.05. The number of benzene rings is 2. The van der Waals surface area contributed by atoms with Gasteiger partial charge in [-0.2, -0.15) is 0 Å². The lowest BCUT2D eigenvalue weighted by Gasteiger charge is -2.26. The van der Waals surface area contributed by atoms with E-state index in [0.717, 1.165) is 37.1 Å². The molecule has 22 heavy (non-hydrogen) atoms. The number of piperidine rings is 1. The fourth-order valence-corrected chi connectivity index (χ4v) is 2.78. The Balaban J connectivity index is 1.79. The fourth-order valence-electron chi connectivity index (χ4n) is 2.78. The Bertz CT molecular complexity index is 676. The number of amides is 1. The zero-order chi connectivity index (χ0) is 15.5. The highest BCUT2D eigenvalue weighted by atomic mass is 19.1. The first kappa shape index (κ1) is 14.6. The van der Waals surface area contributed by atoms with Crippen LogP contribution in [0.5, 0.6) is 5.75 Å². The summed E-state index contributed by atoms with van der Waals surface area (Å²) in [6, 6.07) is 11.4. The van der Waals surface area contributed by atoms with Gasteiger partial charge in [0.25, 0.3) is 5.91 Å². The largest absolute Gasteiger partial charge is 0.505 e. The maximum atomic E-state index is 13.1. The average Bonchev–Trinajstić information content (AvgIpc) is 2.58. The van der Waals surface area contributed by atoms with E-state index in [0.29, 0.717) is 5.56 Å². The molecule has 3 rings (SSSR count). The van der Waals surface area contributed by atoms with Crippen molar-refractivity contribution < 1.29 is 14.3 Å². The normalized spacial score (nSPS) is 14.9. The van der Waals surface area contributed by atoms with Crippen LogP contribution in [0.15, 0.2) is 42.5 Å². The molecule has 0 aromatic heterocycles. The average molecular weight is 299 g/mol. The standard InChI is InChI=1S/C18H18FNO2/c19-16-9-8-15(12-17(16)21)13-4-6-14(7-5-13)18(22)20-10-2-1-3-11-20/h4-9,12,21H,1-3,10-11H2. The Morgan fingerprint density at radius 3 is 2.23 bits per heavy atom. The summed E-state index contributed by atoms with van der Waals surface area (Å²) >= 11 is 0.